The first-order valence-electron chi connectivity index (χ1n) is 9.46. The second-order valence-corrected chi connectivity index (χ2v) is 6.95. The van der Waals surface area contributed by atoms with Crippen molar-refractivity contribution in [2.75, 3.05) is 39.3 Å². The van der Waals surface area contributed by atoms with Gasteiger partial charge in [-0.25, -0.2) is 0 Å². The number of hydrogen-bond donors (Lipinski definition) is 1. The Morgan fingerprint density at radius 1 is 1.08 bits per heavy atom. The fourth-order valence-corrected chi connectivity index (χ4v) is 3.33. The van der Waals surface area contributed by atoms with Gasteiger partial charge in [-0.15, -0.1) is 0 Å². The van der Waals surface area contributed by atoms with Crippen molar-refractivity contribution < 1.29 is 9.53 Å². The second kappa shape index (κ2) is 9.51. The second-order valence-electron chi connectivity index (χ2n) is 6.95. The Labute approximate surface area is 156 Å². The maximum Gasteiger partial charge on any atom is 0.200 e. The van der Waals surface area contributed by atoms with E-state index in [0.717, 1.165) is 31.9 Å². The molecule has 0 bridgehead atoms. The van der Waals surface area contributed by atoms with E-state index in [-0.39, 0.29) is 12.4 Å². The Kier molecular flexibility index (Phi) is 6.81. The number of hydrogen-bond acceptors (Lipinski definition) is 4. The molecule has 1 atom stereocenters. The highest BCUT2D eigenvalue weighted by Crippen LogP contribution is 2.21. The lowest BCUT2D eigenvalue weighted by atomic mass is 10.0. The Morgan fingerprint density at radius 2 is 1.85 bits per heavy atom. The quantitative estimate of drug-likeness (QED) is 0.776. The highest BCUT2D eigenvalue weighted by molar-refractivity contribution is 5.97. The van der Waals surface area contributed by atoms with Crippen LogP contribution in [-0.2, 0) is 0 Å². The number of ketones is 1. The maximum absolute atomic E-state index is 12.1. The van der Waals surface area contributed by atoms with Gasteiger partial charge in [0.25, 0.3) is 0 Å². The summed E-state index contributed by atoms with van der Waals surface area (Å²) in [5.74, 6) is 1.22. The first-order chi connectivity index (χ1) is 12.7. The van der Waals surface area contributed by atoms with Crippen molar-refractivity contribution in [1.29, 1.82) is 0 Å². The van der Waals surface area contributed by atoms with Crippen molar-refractivity contribution in [3.63, 3.8) is 0 Å². The number of nitrogens with one attached hydrogen (secondary N) is 1. The molecule has 26 heavy (non-hydrogen) atoms. The topological polar surface area (TPSA) is 41.6 Å². The molecule has 2 aromatic rings. The summed E-state index contributed by atoms with van der Waals surface area (Å²) in [6, 6.07) is 17.4. The lowest BCUT2D eigenvalue weighted by Gasteiger charge is -2.24. The summed E-state index contributed by atoms with van der Waals surface area (Å²) in [6.07, 6.45) is 1.22. The molecule has 4 nitrogen and oxygen atoms in total. The van der Waals surface area contributed by atoms with Crippen LogP contribution in [0, 0.1) is 0 Å². The van der Waals surface area contributed by atoms with Gasteiger partial charge in [0.2, 0.25) is 0 Å². The number of ether oxygens (including phenoxy) is 1. The molecule has 1 N–H and O–H groups in total. The first-order valence-corrected chi connectivity index (χ1v) is 9.46. The molecular formula is C22H28N2O2. The first kappa shape index (κ1) is 18.6. The van der Waals surface area contributed by atoms with Crippen LogP contribution in [0.15, 0.2) is 54.6 Å². The van der Waals surface area contributed by atoms with Gasteiger partial charge in [0, 0.05) is 25.2 Å². The average Bonchev–Trinajstić information content (AvgIpc) is 2.96. The van der Waals surface area contributed by atoms with Gasteiger partial charge >= 0.3 is 0 Å². The molecule has 0 saturated carbocycles. The fourth-order valence-electron chi connectivity index (χ4n) is 3.33. The predicted molar refractivity (Wildman–Crippen MR) is 105 cm³/mol. The van der Waals surface area contributed by atoms with Crippen LogP contribution in [0.1, 0.15) is 35.2 Å². The van der Waals surface area contributed by atoms with E-state index in [4.69, 9.17) is 4.74 Å². The van der Waals surface area contributed by atoms with Crippen LogP contribution < -0.4 is 10.1 Å². The van der Waals surface area contributed by atoms with Crippen LogP contribution in [0.5, 0.6) is 5.75 Å². The molecule has 1 fully saturated rings. The summed E-state index contributed by atoms with van der Waals surface area (Å²) in [7, 11) is 0. The molecule has 0 amide bonds. The minimum Gasteiger partial charge on any atom is -0.485 e. The molecule has 1 unspecified atom stereocenters. The standard InChI is InChI=1S/C22H28N2O2/c1-18(16-24-14-5-12-23-13-15-24)19-8-10-21(11-9-19)26-17-22(25)20-6-3-2-4-7-20/h2-4,6-11,18,23H,5,12-17H2,1H3. The Bertz CT molecular complexity index is 677. The molecule has 0 aliphatic carbocycles. The Balaban J connectivity index is 1.50. The molecule has 2 aromatic carbocycles. The van der Waals surface area contributed by atoms with Crippen molar-refractivity contribution in [2.24, 2.45) is 0 Å². The van der Waals surface area contributed by atoms with Gasteiger partial charge < -0.3 is 15.0 Å². The predicted octanol–water partition coefficient (Wildman–Crippen LogP) is 3.35. The van der Waals surface area contributed by atoms with Crippen molar-refractivity contribution in [3.8, 4) is 5.75 Å². The zero-order valence-corrected chi connectivity index (χ0v) is 15.5. The zero-order chi connectivity index (χ0) is 18.2. The normalized spacial score (nSPS) is 16.7. The third-order valence-corrected chi connectivity index (χ3v) is 4.88. The van der Waals surface area contributed by atoms with E-state index in [1.807, 2.05) is 42.5 Å². The zero-order valence-electron chi connectivity index (χ0n) is 15.5. The van der Waals surface area contributed by atoms with E-state index in [9.17, 15) is 4.79 Å². The molecule has 0 radical (unpaired) electrons. The SMILES string of the molecule is CC(CN1CCCNCC1)c1ccc(OCC(=O)c2ccccc2)cc1. The van der Waals surface area contributed by atoms with E-state index in [0.29, 0.717) is 11.5 Å². The van der Waals surface area contributed by atoms with Gasteiger partial charge in [0.05, 0.1) is 0 Å². The number of Topliss-reactive ketones (excluding diaryl/α,β-unsaturated/α-hetero) is 1. The fraction of sp³-hybridized carbons (Fsp3) is 0.409. The van der Waals surface area contributed by atoms with Gasteiger partial charge in [0.15, 0.2) is 12.4 Å². The summed E-state index contributed by atoms with van der Waals surface area (Å²) in [6.45, 7) is 7.90. The summed E-state index contributed by atoms with van der Waals surface area (Å²) < 4.78 is 5.66. The monoisotopic (exact) mass is 352 g/mol. The smallest absolute Gasteiger partial charge is 0.200 e. The Hall–Kier alpha value is -2.17. The number of benzene rings is 2. The number of carbonyl (C=O) groups is 1. The molecule has 3 rings (SSSR count). The van der Waals surface area contributed by atoms with E-state index in [2.05, 4.69) is 29.3 Å². The number of carbonyl (C=O) groups excluding carboxylic acids is 1. The molecule has 1 heterocycles. The average molecular weight is 352 g/mol. The van der Waals surface area contributed by atoms with E-state index < -0.39 is 0 Å². The molecule has 0 aromatic heterocycles. The summed E-state index contributed by atoms with van der Waals surface area (Å²) in [5, 5.41) is 3.45. The summed E-state index contributed by atoms with van der Waals surface area (Å²) in [5.41, 5.74) is 1.99. The number of rotatable bonds is 7. The molecule has 1 aliphatic heterocycles. The van der Waals surface area contributed by atoms with Crippen molar-refractivity contribution in [1.82, 2.24) is 10.2 Å². The Morgan fingerprint density at radius 3 is 2.62 bits per heavy atom. The van der Waals surface area contributed by atoms with E-state index in [1.54, 1.807) is 0 Å². The van der Waals surface area contributed by atoms with Gasteiger partial charge in [-0.1, -0.05) is 49.4 Å². The van der Waals surface area contributed by atoms with Crippen LogP contribution >= 0.6 is 0 Å². The molecule has 1 saturated heterocycles. The minimum absolute atomic E-state index is 0.00202. The third kappa shape index (κ3) is 5.41. The van der Waals surface area contributed by atoms with Gasteiger partial charge in [-0.05, 0) is 43.1 Å². The van der Waals surface area contributed by atoms with Crippen molar-refractivity contribution in [2.45, 2.75) is 19.3 Å². The summed E-state index contributed by atoms with van der Waals surface area (Å²) in [4.78, 5) is 14.6. The molecule has 4 heteroatoms. The molecule has 0 spiro atoms. The molecule has 138 valence electrons. The van der Waals surface area contributed by atoms with E-state index >= 15 is 0 Å². The van der Waals surface area contributed by atoms with E-state index in [1.165, 1.54) is 18.5 Å². The van der Waals surface area contributed by atoms with Crippen molar-refractivity contribution in [3.05, 3.63) is 65.7 Å². The van der Waals surface area contributed by atoms with Gasteiger partial charge in [0.1, 0.15) is 5.75 Å². The van der Waals surface area contributed by atoms with Crippen molar-refractivity contribution >= 4 is 5.78 Å². The van der Waals surface area contributed by atoms with Crippen LogP contribution in [-0.4, -0.2) is 50.0 Å². The molecule has 1 aliphatic rings. The highest BCUT2D eigenvalue weighted by atomic mass is 16.5. The third-order valence-electron chi connectivity index (χ3n) is 4.88. The summed E-state index contributed by atoms with van der Waals surface area (Å²) >= 11 is 0. The molecular weight excluding hydrogens is 324 g/mol. The minimum atomic E-state index is -0.00202. The van der Waals surface area contributed by atoms with Crippen LogP contribution in [0.3, 0.4) is 0 Å². The van der Waals surface area contributed by atoms with Crippen LogP contribution in [0.2, 0.25) is 0 Å². The number of nitrogens with zero attached hydrogens (tertiary/aromatic N) is 1. The van der Waals surface area contributed by atoms with Gasteiger partial charge in [-0.2, -0.15) is 0 Å². The lowest BCUT2D eigenvalue weighted by molar-refractivity contribution is 0.0921. The maximum atomic E-state index is 12.1. The van der Waals surface area contributed by atoms with Crippen LogP contribution in [0.25, 0.3) is 0 Å². The lowest BCUT2D eigenvalue weighted by Crippen LogP contribution is -2.31. The van der Waals surface area contributed by atoms with Gasteiger partial charge in [-0.3, -0.25) is 4.79 Å². The largest absolute Gasteiger partial charge is 0.485 e. The van der Waals surface area contributed by atoms with Crippen LogP contribution in [0.4, 0.5) is 0 Å². The highest BCUT2D eigenvalue weighted by Gasteiger charge is 2.14.